The average Bonchev–Trinajstić information content (AvgIpc) is 3.32. The lowest BCUT2D eigenvalue weighted by molar-refractivity contribution is 0.0730. The summed E-state index contributed by atoms with van der Waals surface area (Å²) in [5.41, 5.74) is 6.14. The molecule has 4 aromatic rings. The summed E-state index contributed by atoms with van der Waals surface area (Å²) < 4.78 is 0. The number of fused-ring (bicyclic) bond motifs is 2. The van der Waals surface area contributed by atoms with E-state index in [-0.39, 0.29) is 5.91 Å². The van der Waals surface area contributed by atoms with Gasteiger partial charge in [-0.1, -0.05) is 24.3 Å². The van der Waals surface area contributed by atoms with Gasteiger partial charge in [-0.05, 0) is 24.1 Å². The van der Waals surface area contributed by atoms with Gasteiger partial charge in [-0.2, -0.15) is 0 Å². The molecule has 0 saturated carbocycles. The van der Waals surface area contributed by atoms with Crippen molar-refractivity contribution in [2.75, 3.05) is 25.5 Å². The number of hydrogen-bond donors (Lipinski definition) is 1. The van der Waals surface area contributed by atoms with E-state index in [2.05, 4.69) is 15.0 Å². The van der Waals surface area contributed by atoms with Gasteiger partial charge in [0.15, 0.2) is 5.82 Å². The maximum atomic E-state index is 13.6. The van der Waals surface area contributed by atoms with E-state index in [4.69, 9.17) is 0 Å². The van der Waals surface area contributed by atoms with Crippen LogP contribution >= 0.6 is 11.3 Å². The summed E-state index contributed by atoms with van der Waals surface area (Å²) in [5.74, 6) is 0.610. The minimum absolute atomic E-state index is 0.142. The predicted octanol–water partition coefficient (Wildman–Crippen LogP) is 3.72. The summed E-state index contributed by atoms with van der Waals surface area (Å²) >= 11 is 1.47. The number of phenols is 1. The Kier molecular flexibility index (Phi) is 4.78. The molecule has 0 spiro atoms. The molecule has 0 saturated heterocycles. The third-order valence-electron chi connectivity index (χ3n) is 5.59. The van der Waals surface area contributed by atoms with E-state index < -0.39 is 0 Å². The van der Waals surface area contributed by atoms with Crippen molar-refractivity contribution >= 4 is 33.8 Å². The first-order valence-corrected chi connectivity index (χ1v) is 10.9. The minimum Gasteiger partial charge on any atom is -0.505 e. The third kappa shape index (κ3) is 3.38. The van der Waals surface area contributed by atoms with Gasteiger partial charge in [-0.3, -0.25) is 4.79 Å². The van der Waals surface area contributed by atoms with Crippen LogP contribution in [-0.2, 0) is 13.0 Å². The molecule has 7 nitrogen and oxygen atoms in total. The van der Waals surface area contributed by atoms with E-state index in [1.54, 1.807) is 10.4 Å². The zero-order chi connectivity index (χ0) is 21.5. The largest absolute Gasteiger partial charge is 0.505 e. The fraction of sp³-hybridized carbons (Fsp3) is 0.217. The quantitative estimate of drug-likeness (QED) is 0.532. The van der Waals surface area contributed by atoms with E-state index in [1.807, 2.05) is 60.8 Å². The first-order valence-electron chi connectivity index (χ1n) is 9.98. The molecule has 1 aliphatic rings. The predicted molar refractivity (Wildman–Crippen MR) is 122 cm³/mol. The second kappa shape index (κ2) is 7.63. The summed E-state index contributed by atoms with van der Waals surface area (Å²) in [7, 11) is 3.81. The summed E-state index contributed by atoms with van der Waals surface area (Å²) in [6.45, 7) is 0.945. The SMILES string of the molecule is CN(C)c1ccc2c(c1O)CCN(C(=O)c1nc(-c3cscn3)nc3ccccc13)C2. The molecule has 1 N–H and O–H groups in total. The van der Waals surface area contributed by atoms with Crippen molar-refractivity contribution in [3.63, 3.8) is 0 Å². The van der Waals surface area contributed by atoms with Gasteiger partial charge in [0.25, 0.3) is 5.91 Å². The van der Waals surface area contributed by atoms with Gasteiger partial charge >= 0.3 is 0 Å². The molecule has 0 atom stereocenters. The molecule has 31 heavy (non-hydrogen) atoms. The number of carbonyl (C=O) groups is 1. The fourth-order valence-electron chi connectivity index (χ4n) is 3.99. The molecular weight excluding hydrogens is 410 g/mol. The maximum absolute atomic E-state index is 13.6. The minimum atomic E-state index is -0.142. The Morgan fingerprint density at radius 1 is 1.16 bits per heavy atom. The van der Waals surface area contributed by atoms with Crippen molar-refractivity contribution in [3.05, 3.63) is 64.1 Å². The van der Waals surface area contributed by atoms with Gasteiger partial charge < -0.3 is 14.9 Å². The molecule has 0 unspecified atom stereocenters. The lowest BCUT2D eigenvalue weighted by Crippen LogP contribution is -2.36. The molecule has 0 fully saturated rings. The summed E-state index contributed by atoms with van der Waals surface area (Å²) in [5, 5.41) is 13.3. The number of aromatic hydroxyl groups is 1. The molecule has 0 bridgehead atoms. The van der Waals surface area contributed by atoms with Crippen molar-refractivity contribution in [2.24, 2.45) is 0 Å². The summed E-state index contributed by atoms with van der Waals surface area (Å²) in [4.78, 5) is 30.8. The number of para-hydroxylation sites is 1. The van der Waals surface area contributed by atoms with Crippen LogP contribution in [0.5, 0.6) is 5.75 Å². The molecule has 0 aliphatic carbocycles. The Bertz CT molecular complexity index is 1290. The molecule has 8 heteroatoms. The number of thiazole rings is 1. The van der Waals surface area contributed by atoms with Gasteiger partial charge in [0.2, 0.25) is 0 Å². The lowest BCUT2D eigenvalue weighted by atomic mass is 9.97. The second-order valence-electron chi connectivity index (χ2n) is 7.73. The van der Waals surface area contributed by atoms with E-state index in [1.165, 1.54) is 11.3 Å². The molecule has 1 aliphatic heterocycles. The Balaban J connectivity index is 1.53. The van der Waals surface area contributed by atoms with Gasteiger partial charge in [0, 0.05) is 43.5 Å². The van der Waals surface area contributed by atoms with Crippen LogP contribution in [0.2, 0.25) is 0 Å². The second-order valence-corrected chi connectivity index (χ2v) is 8.45. The fourth-order valence-corrected chi connectivity index (χ4v) is 4.52. The molecule has 0 radical (unpaired) electrons. The zero-order valence-corrected chi connectivity index (χ0v) is 18.1. The first-order chi connectivity index (χ1) is 15.0. The zero-order valence-electron chi connectivity index (χ0n) is 17.2. The number of aromatic nitrogens is 3. The van der Waals surface area contributed by atoms with Gasteiger partial charge in [-0.15, -0.1) is 11.3 Å². The van der Waals surface area contributed by atoms with Crippen molar-refractivity contribution in [1.82, 2.24) is 19.9 Å². The Morgan fingerprint density at radius 2 is 2.00 bits per heavy atom. The molecular formula is C23H21N5O2S. The molecule has 2 aromatic carbocycles. The normalized spacial score (nSPS) is 13.3. The van der Waals surface area contributed by atoms with Gasteiger partial charge in [0.1, 0.15) is 17.1 Å². The topological polar surface area (TPSA) is 82.5 Å². The van der Waals surface area contributed by atoms with Crippen LogP contribution in [0.3, 0.4) is 0 Å². The number of carbonyl (C=O) groups excluding carboxylic acids is 1. The number of nitrogens with zero attached hydrogens (tertiary/aromatic N) is 5. The Labute approximate surface area is 183 Å². The monoisotopic (exact) mass is 431 g/mol. The van der Waals surface area contributed by atoms with E-state index >= 15 is 0 Å². The molecule has 2 aromatic heterocycles. The van der Waals surface area contributed by atoms with Crippen LogP contribution in [-0.4, -0.2) is 51.5 Å². The van der Waals surface area contributed by atoms with Crippen molar-refractivity contribution in [1.29, 1.82) is 0 Å². The Hall–Kier alpha value is -3.52. The third-order valence-corrected chi connectivity index (χ3v) is 6.17. The lowest BCUT2D eigenvalue weighted by Gasteiger charge is -2.30. The van der Waals surface area contributed by atoms with Crippen LogP contribution in [0, 0.1) is 0 Å². The summed E-state index contributed by atoms with van der Waals surface area (Å²) in [6, 6.07) is 11.4. The van der Waals surface area contributed by atoms with Crippen LogP contribution in [0.1, 0.15) is 21.6 Å². The maximum Gasteiger partial charge on any atom is 0.273 e. The van der Waals surface area contributed by atoms with Crippen molar-refractivity contribution < 1.29 is 9.90 Å². The molecule has 1 amide bonds. The number of phenolic OH excluding ortho intramolecular Hbond substituents is 1. The van der Waals surface area contributed by atoms with Gasteiger partial charge in [-0.25, -0.2) is 15.0 Å². The first kappa shape index (κ1) is 19.4. The van der Waals surface area contributed by atoms with Crippen LogP contribution in [0.15, 0.2) is 47.3 Å². The van der Waals surface area contributed by atoms with Crippen molar-refractivity contribution in [3.8, 4) is 17.3 Å². The molecule has 156 valence electrons. The number of rotatable bonds is 3. The number of anilines is 1. The number of hydrogen-bond acceptors (Lipinski definition) is 7. The average molecular weight is 432 g/mol. The highest BCUT2D eigenvalue weighted by Gasteiger charge is 2.27. The van der Waals surface area contributed by atoms with E-state index in [0.717, 1.165) is 27.7 Å². The summed E-state index contributed by atoms with van der Waals surface area (Å²) in [6.07, 6.45) is 0.594. The molecule has 3 heterocycles. The van der Waals surface area contributed by atoms with Gasteiger partial charge in [0.05, 0.1) is 16.7 Å². The smallest absolute Gasteiger partial charge is 0.273 e. The van der Waals surface area contributed by atoms with Crippen LogP contribution in [0.25, 0.3) is 22.4 Å². The highest BCUT2D eigenvalue weighted by atomic mass is 32.1. The van der Waals surface area contributed by atoms with Crippen LogP contribution in [0.4, 0.5) is 5.69 Å². The number of benzene rings is 2. The van der Waals surface area contributed by atoms with E-state index in [0.29, 0.717) is 42.5 Å². The number of amides is 1. The van der Waals surface area contributed by atoms with E-state index in [9.17, 15) is 9.90 Å². The molecule has 5 rings (SSSR count). The van der Waals surface area contributed by atoms with Crippen molar-refractivity contribution in [2.45, 2.75) is 13.0 Å². The highest BCUT2D eigenvalue weighted by molar-refractivity contribution is 7.07. The van der Waals surface area contributed by atoms with Crippen LogP contribution < -0.4 is 4.90 Å². The Morgan fingerprint density at radius 3 is 2.77 bits per heavy atom. The highest BCUT2D eigenvalue weighted by Crippen LogP contribution is 2.36. The standard InChI is InChI=1S/C23H21N5O2S/c1-27(2)19-8-7-14-11-28(10-9-15(14)21(19)29)23(30)20-16-5-3-4-6-17(16)25-22(26-20)18-12-31-13-24-18/h3-8,12-13,29H,9-11H2,1-2H3.